The fourth-order valence-corrected chi connectivity index (χ4v) is 2.68. The van der Waals surface area contributed by atoms with E-state index in [0.717, 1.165) is 12.8 Å². The van der Waals surface area contributed by atoms with Gasteiger partial charge in [-0.3, -0.25) is 0 Å². The third-order valence-corrected chi connectivity index (χ3v) is 4.15. The molecular formula is C20H16F2N4O2. The van der Waals surface area contributed by atoms with Gasteiger partial charge in [-0.25, -0.2) is 8.78 Å². The van der Waals surface area contributed by atoms with Crippen molar-refractivity contribution in [2.75, 3.05) is 0 Å². The van der Waals surface area contributed by atoms with Crippen molar-refractivity contribution in [1.29, 1.82) is 0 Å². The first-order valence-electron chi connectivity index (χ1n) is 8.84. The highest BCUT2D eigenvalue weighted by Crippen LogP contribution is 2.20. The minimum atomic E-state index is -0.313. The Kier molecular flexibility index (Phi) is 5.18. The Morgan fingerprint density at radius 1 is 0.571 bits per heavy atom. The maximum Gasteiger partial charge on any atom is 0.247 e. The predicted octanol–water partition coefficient (Wildman–Crippen LogP) is 4.63. The Labute approximate surface area is 159 Å². The molecule has 2 aromatic carbocycles. The molecule has 4 rings (SSSR count). The van der Waals surface area contributed by atoms with Gasteiger partial charge in [-0.15, -0.1) is 20.4 Å². The normalized spacial score (nSPS) is 11.1. The van der Waals surface area contributed by atoms with Crippen molar-refractivity contribution in [3.05, 3.63) is 71.9 Å². The number of hydrogen-bond donors (Lipinski definition) is 0. The molecule has 0 spiro atoms. The largest absolute Gasteiger partial charge is 0.421 e. The first-order valence-corrected chi connectivity index (χ1v) is 8.84. The van der Waals surface area contributed by atoms with Crippen LogP contribution in [0.3, 0.4) is 0 Å². The van der Waals surface area contributed by atoms with Gasteiger partial charge in [0, 0.05) is 24.0 Å². The van der Waals surface area contributed by atoms with E-state index >= 15 is 0 Å². The topological polar surface area (TPSA) is 77.8 Å². The molecule has 0 atom stereocenters. The summed E-state index contributed by atoms with van der Waals surface area (Å²) in [6.45, 7) is 0. The molecule has 4 aromatic rings. The van der Waals surface area contributed by atoms with E-state index in [1.54, 1.807) is 24.3 Å². The van der Waals surface area contributed by atoms with Crippen molar-refractivity contribution >= 4 is 0 Å². The van der Waals surface area contributed by atoms with Gasteiger partial charge in [0.1, 0.15) is 11.6 Å². The Morgan fingerprint density at radius 3 is 1.36 bits per heavy atom. The van der Waals surface area contributed by atoms with Crippen molar-refractivity contribution in [2.45, 2.75) is 25.7 Å². The van der Waals surface area contributed by atoms with E-state index in [1.165, 1.54) is 24.3 Å². The molecule has 0 aliphatic rings. The molecule has 8 heteroatoms. The van der Waals surface area contributed by atoms with Gasteiger partial charge in [0.25, 0.3) is 0 Å². The number of hydrogen-bond acceptors (Lipinski definition) is 6. The smallest absolute Gasteiger partial charge is 0.247 e. The summed E-state index contributed by atoms with van der Waals surface area (Å²) in [5.74, 6) is 1.17. The Bertz CT molecular complexity index is 957. The van der Waals surface area contributed by atoms with Gasteiger partial charge in [-0.1, -0.05) is 0 Å². The zero-order valence-corrected chi connectivity index (χ0v) is 14.8. The Balaban J connectivity index is 1.27. The molecule has 0 amide bonds. The number of aromatic nitrogens is 4. The van der Waals surface area contributed by atoms with Gasteiger partial charge in [0.2, 0.25) is 23.6 Å². The lowest BCUT2D eigenvalue weighted by Gasteiger charge is -1.96. The molecule has 6 nitrogen and oxygen atoms in total. The number of benzene rings is 2. The third kappa shape index (κ3) is 4.28. The van der Waals surface area contributed by atoms with Crippen LogP contribution in [0.5, 0.6) is 0 Å². The van der Waals surface area contributed by atoms with Crippen molar-refractivity contribution in [3.8, 4) is 22.9 Å². The van der Waals surface area contributed by atoms with E-state index in [0.29, 0.717) is 47.5 Å². The second kappa shape index (κ2) is 8.08. The SMILES string of the molecule is Fc1ccc(-c2nnc(CCCCc3nnc(-c4ccc(F)cc4)o3)o2)cc1. The molecule has 2 aromatic heterocycles. The van der Waals surface area contributed by atoms with Crippen LogP contribution in [0.15, 0.2) is 57.4 Å². The van der Waals surface area contributed by atoms with Crippen LogP contribution in [0.2, 0.25) is 0 Å². The predicted molar refractivity (Wildman–Crippen MR) is 96.0 cm³/mol. The monoisotopic (exact) mass is 382 g/mol. The van der Waals surface area contributed by atoms with Gasteiger partial charge in [-0.2, -0.15) is 0 Å². The van der Waals surface area contributed by atoms with Crippen LogP contribution < -0.4 is 0 Å². The zero-order valence-electron chi connectivity index (χ0n) is 14.8. The molecule has 0 N–H and O–H groups in total. The van der Waals surface area contributed by atoms with Gasteiger partial charge < -0.3 is 8.83 Å². The average molecular weight is 382 g/mol. The summed E-state index contributed by atoms with van der Waals surface area (Å²) in [6, 6.07) is 11.8. The quantitative estimate of drug-likeness (QED) is 0.434. The third-order valence-electron chi connectivity index (χ3n) is 4.15. The van der Waals surface area contributed by atoms with Crippen LogP contribution in [-0.2, 0) is 12.8 Å². The molecule has 0 aliphatic carbocycles. The fraction of sp³-hybridized carbons (Fsp3) is 0.200. The van der Waals surface area contributed by atoms with E-state index in [9.17, 15) is 8.78 Å². The summed E-state index contributed by atoms with van der Waals surface area (Å²) < 4.78 is 37.1. The maximum absolute atomic E-state index is 13.0. The lowest BCUT2D eigenvalue weighted by molar-refractivity contribution is 0.471. The zero-order chi connectivity index (χ0) is 19.3. The van der Waals surface area contributed by atoms with Gasteiger partial charge >= 0.3 is 0 Å². The lowest BCUT2D eigenvalue weighted by atomic mass is 10.2. The van der Waals surface area contributed by atoms with E-state index in [-0.39, 0.29) is 11.6 Å². The average Bonchev–Trinajstić information content (AvgIpc) is 3.36. The molecule has 0 radical (unpaired) electrons. The fourth-order valence-electron chi connectivity index (χ4n) is 2.68. The van der Waals surface area contributed by atoms with Gasteiger partial charge in [0.15, 0.2) is 0 Å². The van der Waals surface area contributed by atoms with E-state index in [2.05, 4.69) is 20.4 Å². The summed E-state index contributed by atoms with van der Waals surface area (Å²) in [6.07, 6.45) is 2.85. The molecule has 0 bridgehead atoms. The van der Waals surface area contributed by atoms with Crippen LogP contribution in [0, 0.1) is 11.6 Å². The van der Waals surface area contributed by atoms with Crippen LogP contribution in [0.1, 0.15) is 24.6 Å². The number of unbranched alkanes of at least 4 members (excludes halogenated alkanes) is 1. The van der Waals surface area contributed by atoms with Crippen molar-refractivity contribution < 1.29 is 17.6 Å². The molecule has 2 heterocycles. The van der Waals surface area contributed by atoms with Crippen molar-refractivity contribution in [3.63, 3.8) is 0 Å². The highest BCUT2D eigenvalue weighted by atomic mass is 19.1. The number of nitrogens with zero attached hydrogens (tertiary/aromatic N) is 4. The highest BCUT2D eigenvalue weighted by molar-refractivity contribution is 5.52. The molecular weight excluding hydrogens is 366 g/mol. The standard InChI is InChI=1S/C20H16F2N4O2/c21-15-9-5-13(6-10-15)19-25-23-17(27-19)3-1-2-4-18-24-26-20(28-18)14-7-11-16(22)12-8-14/h5-12H,1-4H2. The minimum absolute atomic E-state index is 0.313. The van der Waals surface area contributed by atoms with Crippen molar-refractivity contribution in [2.24, 2.45) is 0 Å². The number of rotatable bonds is 7. The maximum atomic E-state index is 13.0. The molecule has 142 valence electrons. The first kappa shape index (κ1) is 18.0. The molecule has 0 unspecified atom stereocenters. The summed E-state index contributed by atoms with van der Waals surface area (Å²) in [5.41, 5.74) is 1.36. The van der Waals surface area contributed by atoms with Gasteiger partial charge in [0.05, 0.1) is 0 Å². The number of aryl methyl sites for hydroxylation is 2. The Morgan fingerprint density at radius 2 is 0.964 bits per heavy atom. The molecule has 0 saturated carbocycles. The van der Waals surface area contributed by atoms with E-state index in [4.69, 9.17) is 8.83 Å². The minimum Gasteiger partial charge on any atom is -0.421 e. The Hall–Kier alpha value is -3.42. The summed E-state index contributed by atoms with van der Waals surface area (Å²) in [7, 11) is 0. The van der Waals surface area contributed by atoms with Gasteiger partial charge in [-0.05, 0) is 61.4 Å². The van der Waals surface area contributed by atoms with Crippen LogP contribution in [0.4, 0.5) is 8.78 Å². The lowest BCUT2D eigenvalue weighted by Crippen LogP contribution is -1.90. The number of halogens is 2. The molecule has 0 aliphatic heterocycles. The van der Waals surface area contributed by atoms with Crippen LogP contribution in [-0.4, -0.2) is 20.4 Å². The summed E-state index contributed by atoms with van der Waals surface area (Å²) in [4.78, 5) is 0. The first-order chi connectivity index (χ1) is 13.7. The second-order valence-corrected chi connectivity index (χ2v) is 6.22. The molecule has 0 saturated heterocycles. The highest BCUT2D eigenvalue weighted by Gasteiger charge is 2.11. The van der Waals surface area contributed by atoms with Crippen LogP contribution in [0.25, 0.3) is 22.9 Å². The summed E-state index contributed by atoms with van der Waals surface area (Å²) >= 11 is 0. The van der Waals surface area contributed by atoms with Crippen molar-refractivity contribution in [1.82, 2.24) is 20.4 Å². The second-order valence-electron chi connectivity index (χ2n) is 6.22. The summed E-state index contributed by atoms with van der Waals surface area (Å²) in [5, 5.41) is 16.0. The molecule has 28 heavy (non-hydrogen) atoms. The molecule has 0 fully saturated rings. The van der Waals surface area contributed by atoms with E-state index < -0.39 is 0 Å². The van der Waals surface area contributed by atoms with Crippen LogP contribution >= 0.6 is 0 Å². The van der Waals surface area contributed by atoms with E-state index in [1.807, 2.05) is 0 Å².